The Morgan fingerprint density at radius 2 is 2.03 bits per heavy atom. The molecule has 0 radical (unpaired) electrons. The molecule has 1 fully saturated rings. The van der Waals surface area contributed by atoms with Crippen LogP contribution < -0.4 is 0 Å². The summed E-state index contributed by atoms with van der Waals surface area (Å²) in [6, 6.07) is 12.9. The van der Waals surface area contributed by atoms with Gasteiger partial charge in [0.05, 0.1) is 11.9 Å². The summed E-state index contributed by atoms with van der Waals surface area (Å²) in [7, 11) is 0. The maximum atomic E-state index is 13.6. The molecular weight excluding hydrogens is 448 g/mol. The van der Waals surface area contributed by atoms with Crippen LogP contribution in [0.25, 0.3) is 10.9 Å². The van der Waals surface area contributed by atoms with Crippen LogP contribution in [-0.4, -0.2) is 51.1 Å². The number of nitrogens with one attached hydrogen (secondary N) is 1. The van der Waals surface area contributed by atoms with E-state index < -0.39 is 5.54 Å². The SMILES string of the molecule is C[C@@]12C(=O)N(/N=C/c3cc(Br)ccc3O)CC(=O)N1CCc1c2[nH]c2ccccc12. The first-order valence-corrected chi connectivity index (χ1v) is 10.4. The van der Waals surface area contributed by atoms with Crippen LogP contribution in [0, 0.1) is 0 Å². The Bertz CT molecular complexity index is 1230. The highest BCUT2D eigenvalue weighted by Crippen LogP contribution is 2.41. The van der Waals surface area contributed by atoms with Crippen LogP contribution in [0.1, 0.15) is 23.7 Å². The Morgan fingerprint density at radius 1 is 1.23 bits per heavy atom. The number of aromatic nitrogens is 1. The average molecular weight is 467 g/mol. The van der Waals surface area contributed by atoms with Crippen molar-refractivity contribution in [2.75, 3.05) is 13.1 Å². The van der Waals surface area contributed by atoms with E-state index in [4.69, 9.17) is 0 Å². The quantitative estimate of drug-likeness (QED) is 0.568. The highest BCUT2D eigenvalue weighted by molar-refractivity contribution is 9.10. The number of carbonyl (C=O) groups excluding carboxylic acids is 2. The summed E-state index contributed by atoms with van der Waals surface area (Å²) in [4.78, 5) is 31.5. The second kappa shape index (κ2) is 6.70. The van der Waals surface area contributed by atoms with Gasteiger partial charge in [0.25, 0.3) is 5.91 Å². The van der Waals surface area contributed by atoms with Crippen molar-refractivity contribution in [3.8, 4) is 5.75 Å². The summed E-state index contributed by atoms with van der Waals surface area (Å²) in [5, 5.41) is 16.6. The van der Waals surface area contributed by atoms with Gasteiger partial charge < -0.3 is 15.0 Å². The van der Waals surface area contributed by atoms with E-state index in [0.717, 1.165) is 26.6 Å². The number of fused-ring (bicyclic) bond motifs is 5. The van der Waals surface area contributed by atoms with Crippen LogP contribution in [0.4, 0.5) is 0 Å². The third-order valence-electron chi connectivity index (χ3n) is 5.99. The summed E-state index contributed by atoms with van der Waals surface area (Å²) in [6.07, 6.45) is 2.10. The molecule has 2 N–H and O–H groups in total. The first kappa shape index (κ1) is 18.9. The molecule has 2 aliphatic rings. The number of aromatic hydroxyl groups is 1. The van der Waals surface area contributed by atoms with E-state index in [1.54, 1.807) is 24.0 Å². The summed E-state index contributed by atoms with van der Waals surface area (Å²) in [5.74, 6) is -0.390. The molecule has 0 aliphatic carbocycles. The topological polar surface area (TPSA) is 89.0 Å². The smallest absolute Gasteiger partial charge is 0.275 e. The summed E-state index contributed by atoms with van der Waals surface area (Å²) in [5.41, 5.74) is 2.07. The fraction of sp³-hybridized carbons (Fsp3) is 0.227. The van der Waals surface area contributed by atoms with Gasteiger partial charge in [0, 0.05) is 27.5 Å². The Kier molecular flexibility index (Phi) is 4.21. The van der Waals surface area contributed by atoms with Crippen LogP contribution in [-0.2, 0) is 21.5 Å². The van der Waals surface area contributed by atoms with Gasteiger partial charge in [-0.05, 0) is 43.2 Å². The first-order chi connectivity index (χ1) is 14.4. The fourth-order valence-corrected chi connectivity index (χ4v) is 4.82. The zero-order valence-electron chi connectivity index (χ0n) is 16.2. The van der Waals surface area contributed by atoms with Gasteiger partial charge in [-0.15, -0.1) is 0 Å². The number of phenols is 1. The molecule has 152 valence electrons. The lowest BCUT2D eigenvalue weighted by atomic mass is 9.83. The minimum Gasteiger partial charge on any atom is -0.507 e. The van der Waals surface area contributed by atoms with Crippen molar-refractivity contribution in [2.45, 2.75) is 18.9 Å². The van der Waals surface area contributed by atoms with E-state index in [1.807, 2.05) is 24.3 Å². The van der Waals surface area contributed by atoms with Gasteiger partial charge in [0.2, 0.25) is 5.91 Å². The van der Waals surface area contributed by atoms with Gasteiger partial charge in [0.1, 0.15) is 12.3 Å². The van der Waals surface area contributed by atoms with Crippen LogP contribution in [0.5, 0.6) is 5.75 Å². The zero-order chi connectivity index (χ0) is 21.0. The van der Waals surface area contributed by atoms with E-state index in [0.29, 0.717) is 18.5 Å². The van der Waals surface area contributed by atoms with Crippen molar-refractivity contribution < 1.29 is 14.7 Å². The number of phenolic OH excluding ortho intramolecular Hbond substituents is 1. The fourth-order valence-electron chi connectivity index (χ4n) is 4.44. The molecule has 0 saturated carbocycles. The molecular formula is C22H19BrN4O3. The van der Waals surface area contributed by atoms with Crippen molar-refractivity contribution in [1.29, 1.82) is 0 Å². The van der Waals surface area contributed by atoms with Gasteiger partial charge in [-0.25, -0.2) is 5.01 Å². The molecule has 8 heteroatoms. The van der Waals surface area contributed by atoms with Gasteiger partial charge in [-0.3, -0.25) is 9.59 Å². The molecule has 2 aliphatic heterocycles. The van der Waals surface area contributed by atoms with Gasteiger partial charge >= 0.3 is 0 Å². The third kappa shape index (κ3) is 2.67. The summed E-state index contributed by atoms with van der Waals surface area (Å²) in [6.45, 7) is 2.13. The molecule has 1 saturated heterocycles. The number of amides is 2. The Labute approximate surface area is 181 Å². The van der Waals surface area contributed by atoms with E-state index >= 15 is 0 Å². The van der Waals surface area contributed by atoms with Crippen LogP contribution in [0.3, 0.4) is 0 Å². The molecule has 30 heavy (non-hydrogen) atoms. The molecule has 0 spiro atoms. The van der Waals surface area contributed by atoms with E-state index in [9.17, 15) is 14.7 Å². The molecule has 1 atom stereocenters. The Balaban J connectivity index is 1.57. The van der Waals surface area contributed by atoms with Crippen LogP contribution >= 0.6 is 15.9 Å². The molecule has 5 rings (SSSR count). The summed E-state index contributed by atoms with van der Waals surface area (Å²) >= 11 is 3.35. The standard InChI is InChI=1S/C22H19BrN4O3/c1-22-20-16(15-4-2-3-5-17(15)25-20)8-9-26(22)19(29)12-27(21(22)30)24-11-13-10-14(23)6-7-18(13)28/h2-7,10-11,25,28H,8-9,12H2,1H3/b24-11+/t22-/m1/s1. The predicted molar refractivity (Wildman–Crippen MR) is 116 cm³/mol. The van der Waals surface area contributed by atoms with Crippen molar-refractivity contribution in [3.05, 3.63) is 63.8 Å². The normalized spacial score (nSPS) is 21.4. The van der Waals surface area contributed by atoms with Crippen molar-refractivity contribution >= 4 is 44.9 Å². The van der Waals surface area contributed by atoms with E-state index in [2.05, 4.69) is 26.0 Å². The van der Waals surface area contributed by atoms with Crippen LogP contribution in [0.2, 0.25) is 0 Å². The number of carbonyl (C=O) groups is 2. The maximum Gasteiger partial charge on any atom is 0.275 e. The molecule has 2 amide bonds. The molecule has 3 heterocycles. The number of halogens is 1. The molecule has 0 unspecified atom stereocenters. The maximum absolute atomic E-state index is 13.6. The predicted octanol–water partition coefficient (Wildman–Crippen LogP) is 3.11. The number of piperazine rings is 1. The van der Waals surface area contributed by atoms with Crippen molar-refractivity contribution in [3.63, 3.8) is 0 Å². The lowest BCUT2D eigenvalue weighted by Crippen LogP contribution is -2.65. The molecule has 3 aromatic rings. The number of para-hydroxylation sites is 1. The van der Waals surface area contributed by atoms with Gasteiger partial charge in [-0.1, -0.05) is 34.1 Å². The number of hydrogen-bond donors (Lipinski definition) is 2. The Hall–Kier alpha value is -3.13. The number of aromatic amines is 1. The van der Waals surface area contributed by atoms with Crippen molar-refractivity contribution in [2.24, 2.45) is 5.10 Å². The molecule has 0 bridgehead atoms. The molecule has 7 nitrogen and oxygen atoms in total. The minimum atomic E-state index is -1.15. The number of benzene rings is 2. The number of rotatable bonds is 2. The first-order valence-electron chi connectivity index (χ1n) is 9.64. The molecule has 1 aromatic heterocycles. The van der Waals surface area contributed by atoms with Crippen LogP contribution in [0.15, 0.2) is 52.0 Å². The van der Waals surface area contributed by atoms with Gasteiger partial charge in [0.15, 0.2) is 5.54 Å². The largest absolute Gasteiger partial charge is 0.507 e. The Morgan fingerprint density at radius 3 is 2.87 bits per heavy atom. The highest BCUT2D eigenvalue weighted by atomic mass is 79.9. The lowest BCUT2D eigenvalue weighted by molar-refractivity contribution is -0.165. The van der Waals surface area contributed by atoms with Crippen molar-refractivity contribution in [1.82, 2.24) is 14.9 Å². The second-order valence-electron chi connectivity index (χ2n) is 7.70. The minimum absolute atomic E-state index is 0.0427. The third-order valence-corrected chi connectivity index (χ3v) is 6.48. The molecule has 2 aromatic carbocycles. The van der Waals surface area contributed by atoms with Gasteiger partial charge in [-0.2, -0.15) is 5.10 Å². The van der Waals surface area contributed by atoms with E-state index in [1.165, 1.54) is 17.3 Å². The number of nitrogens with zero attached hydrogens (tertiary/aromatic N) is 3. The summed E-state index contributed by atoms with van der Waals surface area (Å²) < 4.78 is 0.774. The number of hydrazone groups is 1. The number of hydrogen-bond acceptors (Lipinski definition) is 4. The highest BCUT2D eigenvalue weighted by Gasteiger charge is 2.54. The van der Waals surface area contributed by atoms with E-state index in [-0.39, 0.29) is 24.1 Å². The number of H-pyrrole nitrogens is 1. The lowest BCUT2D eigenvalue weighted by Gasteiger charge is -2.48. The average Bonchev–Trinajstić information content (AvgIpc) is 3.12. The second-order valence-corrected chi connectivity index (χ2v) is 8.62. The monoisotopic (exact) mass is 466 g/mol. The zero-order valence-corrected chi connectivity index (χ0v) is 17.8.